The van der Waals surface area contributed by atoms with Crippen molar-refractivity contribution in [2.45, 2.75) is 76.7 Å². The summed E-state index contributed by atoms with van der Waals surface area (Å²) >= 11 is 0. The summed E-state index contributed by atoms with van der Waals surface area (Å²) in [6, 6.07) is 0. The molecule has 1 aliphatic heterocycles. The molecular weight excluding hydrogens is 352 g/mol. The number of carbonyl (C=O) groups excluding carboxylic acids is 1. The van der Waals surface area contributed by atoms with Gasteiger partial charge >= 0.3 is 0 Å². The van der Waals surface area contributed by atoms with E-state index in [1.807, 2.05) is 6.79 Å². The van der Waals surface area contributed by atoms with Gasteiger partial charge < -0.3 is 14.7 Å². The molecule has 6 nitrogen and oxygen atoms in total. The molecule has 0 aromatic carbocycles. The number of carbonyl (C=O) groups is 1. The smallest absolute Gasteiger partial charge is 0.253 e. The van der Waals surface area contributed by atoms with Crippen LogP contribution >= 0.6 is 0 Å². The highest BCUT2D eigenvalue weighted by molar-refractivity contribution is 5.84. The van der Waals surface area contributed by atoms with Gasteiger partial charge in [0.2, 0.25) is 0 Å². The van der Waals surface area contributed by atoms with E-state index in [9.17, 15) is 4.79 Å². The summed E-state index contributed by atoms with van der Waals surface area (Å²) in [6.45, 7) is 6.55. The van der Waals surface area contributed by atoms with Crippen molar-refractivity contribution in [3.8, 4) is 0 Å². The highest BCUT2D eigenvalue weighted by Crippen LogP contribution is 2.40. The standard InChI is InChI=1S/C21H30N4O.CH2O/c26-21-17-10-2-1-9-16(17)18-19(15-7-5-8-15)23-25(20(18)22-21)14-6-13-24-11-3-4-12-24;1-2/h15H,1-14H2,(H,22,26);1H2. The number of pyridine rings is 1. The zero-order valence-electron chi connectivity index (χ0n) is 16.8. The molecule has 0 spiro atoms. The summed E-state index contributed by atoms with van der Waals surface area (Å²) in [5.41, 5.74) is 4.78. The number of hydrogen-bond acceptors (Lipinski definition) is 4. The number of H-pyrrole nitrogens is 1. The third-order valence-electron chi connectivity index (χ3n) is 6.79. The number of nitrogens with one attached hydrogen (secondary N) is 1. The molecule has 6 heteroatoms. The fourth-order valence-electron chi connectivity index (χ4n) is 5.10. The Hall–Kier alpha value is -1.95. The zero-order chi connectivity index (χ0) is 19.5. The number of nitrogens with zero attached hydrogens (tertiary/aromatic N) is 3. The number of hydrogen-bond donors (Lipinski definition) is 1. The first-order valence-corrected chi connectivity index (χ1v) is 11.0. The molecule has 2 fully saturated rings. The monoisotopic (exact) mass is 384 g/mol. The van der Waals surface area contributed by atoms with Crippen LogP contribution in [0.15, 0.2) is 4.79 Å². The first-order chi connectivity index (χ1) is 13.8. The number of rotatable bonds is 5. The highest BCUT2D eigenvalue weighted by atomic mass is 16.1. The van der Waals surface area contributed by atoms with Gasteiger partial charge in [-0.05, 0) is 83.0 Å². The van der Waals surface area contributed by atoms with Crippen LogP contribution in [0.25, 0.3) is 11.0 Å². The van der Waals surface area contributed by atoms with E-state index in [4.69, 9.17) is 9.89 Å². The average Bonchev–Trinajstić information content (AvgIpc) is 3.31. The zero-order valence-corrected chi connectivity index (χ0v) is 16.8. The molecule has 28 heavy (non-hydrogen) atoms. The fraction of sp³-hybridized carbons (Fsp3) is 0.682. The van der Waals surface area contributed by atoms with Gasteiger partial charge in [0.15, 0.2) is 0 Å². The molecule has 0 bridgehead atoms. The van der Waals surface area contributed by atoms with Crippen molar-refractivity contribution in [1.82, 2.24) is 19.7 Å². The van der Waals surface area contributed by atoms with E-state index in [-0.39, 0.29) is 5.56 Å². The Morgan fingerprint density at radius 2 is 1.68 bits per heavy atom. The molecular formula is C22H32N4O2. The molecule has 5 rings (SSSR count). The first kappa shape index (κ1) is 19.4. The second-order valence-corrected chi connectivity index (χ2v) is 8.48. The minimum absolute atomic E-state index is 0.132. The molecule has 2 aromatic rings. The maximum atomic E-state index is 12.7. The van der Waals surface area contributed by atoms with Gasteiger partial charge in [-0.2, -0.15) is 5.10 Å². The van der Waals surface area contributed by atoms with Gasteiger partial charge in [-0.15, -0.1) is 0 Å². The number of likely N-dealkylation sites (tertiary alicyclic amines) is 1. The van der Waals surface area contributed by atoms with Gasteiger partial charge in [0.05, 0.1) is 5.69 Å². The predicted octanol–water partition coefficient (Wildman–Crippen LogP) is 3.17. The minimum Gasteiger partial charge on any atom is -0.307 e. The van der Waals surface area contributed by atoms with E-state index in [1.165, 1.54) is 68.3 Å². The summed E-state index contributed by atoms with van der Waals surface area (Å²) in [5, 5.41) is 6.36. The summed E-state index contributed by atoms with van der Waals surface area (Å²) in [5.74, 6) is 0.606. The van der Waals surface area contributed by atoms with Crippen LogP contribution in [0, 0.1) is 0 Å². The van der Waals surface area contributed by atoms with E-state index in [0.717, 1.165) is 50.0 Å². The lowest BCUT2D eigenvalue weighted by atomic mass is 9.80. The van der Waals surface area contributed by atoms with Crippen LogP contribution in [0.1, 0.15) is 74.1 Å². The maximum Gasteiger partial charge on any atom is 0.253 e. The number of aromatic amines is 1. The maximum absolute atomic E-state index is 12.7. The Morgan fingerprint density at radius 3 is 2.36 bits per heavy atom. The third kappa shape index (κ3) is 3.54. The van der Waals surface area contributed by atoms with Gasteiger partial charge in [0.1, 0.15) is 12.4 Å². The van der Waals surface area contributed by atoms with Gasteiger partial charge in [-0.1, -0.05) is 6.42 Å². The van der Waals surface area contributed by atoms with Crippen molar-refractivity contribution in [2.24, 2.45) is 0 Å². The lowest BCUT2D eigenvalue weighted by molar-refractivity contribution is -0.0979. The fourth-order valence-corrected chi connectivity index (χ4v) is 5.10. The van der Waals surface area contributed by atoms with Crippen LogP contribution in [0.2, 0.25) is 0 Å². The average molecular weight is 385 g/mol. The van der Waals surface area contributed by atoms with Crippen LogP contribution in [0.3, 0.4) is 0 Å². The van der Waals surface area contributed by atoms with Gasteiger partial charge in [0, 0.05) is 23.4 Å². The molecule has 1 N–H and O–H groups in total. The quantitative estimate of drug-likeness (QED) is 0.859. The molecule has 0 unspecified atom stereocenters. The van der Waals surface area contributed by atoms with Crippen LogP contribution in [0.5, 0.6) is 0 Å². The second kappa shape index (κ2) is 8.60. The molecule has 152 valence electrons. The SMILES string of the molecule is C=O.O=c1[nH]c2c(c(C3CCC3)nn2CCCN2CCCC2)c2c1CCCC2. The Morgan fingerprint density at radius 1 is 0.964 bits per heavy atom. The molecule has 1 saturated heterocycles. The predicted molar refractivity (Wildman–Crippen MR) is 111 cm³/mol. The van der Waals surface area contributed by atoms with Crippen LogP contribution < -0.4 is 5.56 Å². The summed E-state index contributed by atoms with van der Waals surface area (Å²) in [7, 11) is 0. The van der Waals surface area contributed by atoms with Crippen LogP contribution in [0.4, 0.5) is 0 Å². The largest absolute Gasteiger partial charge is 0.307 e. The molecule has 0 atom stereocenters. The lowest BCUT2D eigenvalue weighted by Gasteiger charge is -2.25. The Balaban J connectivity index is 0.000000932. The molecule has 0 amide bonds. The van der Waals surface area contributed by atoms with Crippen molar-refractivity contribution in [3.63, 3.8) is 0 Å². The van der Waals surface area contributed by atoms with Crippen molar-refractivity contribution in [2.75, 3.05) is 19.6 Å². The van der Waals surface area contributed by atoms with Crippen molar-refractivity contribution in [3.05, 3.63) is 27.2 Å². The van der Waals surface area contributed by atoms with Gasteiger partial charge in [-0.3, -0.25) is 4.79 Å². The molecule has 1 saturated carbocycles. The lowest BCUT2D eigenvalue weighted by Crippen LogP contribution is -2.22. The van der Waals surface area contributed by atoms with Crippen molar-refractivity contribution < 1.29 is 4.79 Å². The molecule has 0 radical (unpaired) electrons. The molecule has 3 heterocycles. The summed E-state index contributed by atoms with van der Waals surface area (Å²) in [4.78, 5) is 26.4. The van der Waals surface area contributed by atoms with E-state index >= 15 is 0 Å². The second-order valence-electron chi connectivity index (χ2n) is 8.48. The van der Waals surface area contributed by atoms with E-state index in [2.05, 4.69) is 14.6 Å². The van der Waals surface area contributed by atoms with Gasteiger partial charge in [-0.25, -0.2) is 4.68 Å². The molecule has 3 aliphatic rings. The number of aryl methyl sites for hydroxylation is 2. The Kier molecular flexibility index (Phi) is 5.95. The number of fused-ring (bicyclic) bond motifs is 3. The Bertz CT molecular complexity index is 875. The topological polar surface area (TPSA) is 71.0 Å². The highest BCUT2D eigenvalue weighted by Gasteiger charge is 2.29. The van der Waals surface area contributed by atoms with Crippen molar-refractivity contribution in [1.29, 1.82) is 0 Å². The Labute approximate surface area is 166 Å². The van der Waals surface area contributed by atoms with E-state index in [1.54, 1.807) is 0 Å². The van der Waals surface area contributed by atoms with E-state index < -0.39 is 0 Å². The molecule has 2 aliphatic carbocycles. The summed E-state index contributed by atoms with van der Waals surface area (Å²) < 4.78 is 2.12. The third-order valence-corrected chi connectivity index (χ3v) is 6.79. The minimum atomic E-state index is 0.132. The normalized spacial score (nSPS) is 19.9. The van der Waals surface area contributed by atoms with Crippen LogP contribution in [-0.2, 0) is 24.2 Å². The van der Waals surface area contributed by atoms with Crippen molar-refractivity contribution >= 4 is 17.8 Å². The first-order valence-electron chi connectivity index (χ1n) is 11.0. The van der Waals surface area contributed by atoms with Crippen LogP contribution in [-0.4, -0.2) is 46.1 Å². The number of aromatic nitrogens is 3. The summed E-state index contributed by atoms with van der Waals surface area (Å²) in [6.07, 6.45) is 12.0. The van der Waals surface area contributed by atoms with E-state index in [0.29, 0.717) is 5.92 Å². The van der Waals surface area contributed by atoms with Gasteiger partial charge in [0.25, 0.3) is 5.56 Å². The molecule has 2 aromatic heterocycles.